The number of rotatable bonds is 9. The quantitative estimate of drug-likeness (QED) is 0.265. The van der Waals surface area contributed by atoms with E-state index in [2.05, 4.69) is 18.3 Å². The van der Waals surface area contributed by atoms with Crippen molar-refractivity contribution in [2.24, 2.45) is 5.73 Å². The predicted molar refractivity (Wildman–Crippen MR) is 90.5 cm³/mol. The van der Waals surface area contributed by atoms with Gasteiger partial charge in [-0.05, 0) is 6.07 Å². The number of anilines is 1. The highest BCUT2D eigenvalue weighted by Gasteiger charge is 2.50. The van der Waals surface area contributed by atoms with Gasteiger partial charge in [0.2, 0.25) is 0 Å². The summed E-state index contributed by atoms with van der Waals surface area (Å²) in [5.74, 6) is -0.0875. The van der Waals surface area contributed by atoms with Crippen molar-refractivity contribution in [2.45, 2.75) is 24.7 Å². The number of hydrogen-bond donors (Lipinski definition) is 5. The number of aliphatic hydroxyl groups is 2. The van der Waals surface area contributed by atoms with E-state index in [-0.39, 0.29) is 12.4 Å². The second-order valence-electron chi connectivity index (χ2n) is 5.33. The van der Waals surface area contributed by atoms with Gasteiger partial charge in [0.25, 0.3) is 0 Å². The first-order valence-electron chi connectivity index (χ1n) is 7.61. The number of nitrogens with two attached hydrogens (primary N) is 2. The van der Waals surface area contributed by atoms with E-state index < -0.39 is 52.7 Å². The summed E-state index contributed by atoms with van der Waals surface area (Å²) in [7, 11) is -8.88. The van der Waals surface area contributed by atoms with E-state index in [4.69, 9.17) is 20.7 Å². The van der Waals surface area contributed by atoms with Crippen molar-refractivity contribution in [2.75, 3.05) is 26.0 Å². The lowest BCUT2D eigenvalue weighted by Gasteiger charge is -2.22. The molecular weight excluding hydrogens is 426 g/mol. The van der Waals surface area contributed by atoms with Gasteiger partial charge >= 0.3 is 21.3 Å². The van der Waals surface area contributed by atoms with Crippen LogP contribution < -0.4 is 17.2 Å². The van der Waals surface area contributed by atoms with E-state index >= 15 is 0 Å². The van der Waals surface area contributed by atoms with Crippen LogP contribution >= 0.6 is 15.6 Å². The van der Waals surface area contributed by atoms with Crippen LogP contribution in [0, 0.1) is 0 Å². The fraction of sp³-hybridized carbons (Fsp3) is 0.636. The molecule has 2 rings (SSSR count). The average Bonchev–Trinajstić information content (AvgIpc) is 2.88. The minimum absolute atomic E-state index is 0.0875. The van der Waals surface area contributed by atoms with E-state index in [0.717, 1.165) is 17.9 Å². The summed E-state index contributed by atoms with van der Waals surface area (Å²) in [4.78, 5) is 24.8. The van der Waals surface area contributed by atoms with Gasteiger partial charge in [-0.25, -0.2) is 13.9 Å². The van der Waals surface area contributed by atoms with Crippen LogP contribution in [-0.2, 0) is 31.7 Å². The Morgan fingerprint density at radius 2 is 2.04 bits per heavy atom. The third-order valence-electron chi connectivity index (χ3n) is 3.35. The van der Waals surface area contributed by atoms with Crippen LogP contribution in [0.25, 0.3) is 0 Å². The van der Waals surface area contributed by atoms with Crippen LogP contribution in [0.5, 0.6) is 0 Å². The third kappa shape index (κ3) is 5.43. The SMILES string of the molecule is COP(=O)(OC1OC(n2ccc(N)nc2=O)C(O)C1O)OP(=O)(O)OCCN. The fourth-order valence-electron chi connectivity index (χ4n) is 2.11. The molecule has 28 heavy (non-hydrogen) atoms. The molecule has 1 aliphatic heterocycles. The molecule has 1 fully saturated rings. The molecule has 17 heteroatoms. The summed E-state index contributed by atoms with van der Waals surface area (Å²) in [6, 6.07) is 1.23. The van der Waals surface area contributed by atoms with Gasteiger partial charge in [-0.3, -0.25) is 18.1 Å². The average molecular weight is 446 g/mol. The molecule has 7 N–H and O–H groups in total. The summed E-state index contributed by atoms with van der Waals surface area (Å²) in [6.07, 6.45) is -5.80. The van der Waals surface area contributed by atoms with Crippen LogP contribution in [0.4, 0.5) is 5.82 Å². The number of phosphoric ester groups is 2. The molecule has 6 atom stereocenters. The highest BCUT2D eigenvalue weighted by atomic mass is 31.3. The number of aromatic nitrogens is 2. The largest absolute Gasteiger partial charge is 0.485 e. The molecule has 0 spiro atoms. The monoisotopic (exact) mass is 446 g/mol. The Labute approximate surface area is 158 Å². The van der Waals surface area contributed by atoms with Gasteiger partial charge in [-0.15, -0.1) is 0 Å². The first-order valence-corrected chi connectivity index (χ1v) is 10.6. The number of phosphoric acid groups is 2. The Balaban J connectivity index is 2.17. The molecule has 15 nitrogen and oxygen atoms in total. The fourth-order valence-corrected chi connectivity index (χ4v) is 4.58. The van der Waals surface area contributed by atoms with E-state index in [1.54, 1.807) is 0 Å². The molecule has 1 aromatic heterocycles. The van der Waals surface area contributed by atoms with Crippen molar-refractivity contribution in [3.8, 4) is 0 Å². The Kier molecular flexibility index (Phi) is 7.47. The first-order chi connectivity index (χ1) is 13.0. The van der Waals surface area contributed by atoms with Crippen molar-refractivity contribution in [1.29, 1.82) is 0 Å². The molecule has 0 bridgehead atoms. The lowest BCUT2D eigenvalue weighted by molar-refractivity contribution is -0.136. The zero-order valence-corrected chi connectivity index (χ0v) is 16.2. The zero-order chi connectivity index (χ0) is 21.1. The molecule has 2 heterocycles. The molecule has 0 amide bonds. The number of hydrogen-bond acceptors (Lipinski definition) is 13. The molecule has 0 aliphatic carbocycles. The maximum absolute atomic E-state index is 12.4. The summed E-state index contributed by atoms with van der Waals surface area (Å²) in [5, 5.41) is 20.2. The Morgan fingerprint density at radius 3 is 2.61 bits per heavy atom. The van der Waals surface area contributed by atoms with E-state index in [9.17, 15) is 29.0 Å². The highest BCUT2D eigenvalue weighted by molar-refractivity contribution is 7.61. The molecule has 160 valence electrons. The molecule has 0 saturated carbocycles. The Morgan fingerprint density at radius 1 is 1.36 bits per heavy atom. The van der Waals surface area contributed by atoms with Crippen molar-refractivity contribution in [1.82, 2.24) is 9.55 Å². The summed E-state index contributed by atoms with van der Waals surface area (Å²) in [5.41, 5.74) is 9.59. The minimum atomic E-state index is -4.90. The summed E-state index contributed by atoms with van der Waals surface area (Å²) in [6.45, 7) is -0.525. The molecule has 1 aromatic rings. The molecule has 1 saturated heterocycles. The second-order valence-corrected chi connectivity index (χ2v) is 8.64. The first kappa shape index (κ1) is 23.1. The van der Waals surface area contributed by atoms with Crippen molar-refractivity contribution in [3.63, 3.8) is 0 Å². The molecule has 1 aliphatic rings. The standard InChI is InChI=1S/C11H20N4O11P2/c1-22-28(21,26-27(19,20)23-5-3-12)25-10-8(17)7(16)9(24-10)15-4-2-6(13)14-11(15)18/h2,4,7-10,16-17H,3,5,12H2,1H3,(H,19,20)(H2,13,14,18). The summed E-state index contributed by atoms with van der Waals surface area (Å²) >= 11 is 0. The van der Waals surface area contributed by atoms with Crippen molar-refractivity contribution in [3.05, 3.63) is 22.7 Å². The van der Waals surface area contributed by atoms with Gasteiger partial charge in [-0.2, -0.15) is 9.29 Å². The minimum Gasteiger partial charge on any atom is -0.385 e. The maximum atomic E-state index is 12.4. The van der Waals surface area contributed by atoms with Crippen molar-refractivity contribution < 1.29 is 46.9 Å². The van der Waals surface area contributed by atoms with Gasteiger partial charge in [0.05, 0.1) is 6.61 Å². The second kappa shape index (κ2) is 9.07. The smallest absolute Gasteiger partial charge is 0.385 e. The third-order valence-corrected chi connectivity index (χ3v) is 6.40. The number of ether oxygens (including phenoxy) is 1. The van der Waals surface area contributed by atoms with Crippen LogP contribution in [-0.4, -0.2) is 63.4 Å². The Hall–Kier alpha value is -1.22. The lowest BCUT2D eigenvalue weighted by Crippen LogP contribution is -2.35. The van der Waals surface area contributed by atoms with E-state index in [1.807, 2.05) is 0 Å². The van der Waals surface area contributed by atoms with Crippen LogP contribution in [0.15, 0.2) is 17.1 Å². The number of nitrogens with zero attached hydrogens (tertiary/aromatic N) is 2. The van der Waals surface area contributed by atoms with E-state index in [0.29, 0.717) is 0 Å². The molecular formula is C11H20N4O11P2. The molecule has 0 radical (unpaired) electrons. The van der Waals surface area contributed by atoms with Crippen LogP contribution in [0.3, 0.4) is 0 Å². The van der Waals surface area contributed by atoms with Gasteiger partial charge in [0, 0.05) is 19.9 Å². The van der Waals surface area contributed by atoms with Crippen molar-refractivity contribution >= 4 is 21.5 Å². The maximum Gasteiger partial charge on any atom is 0.485 e. The molecule has 6 unspecified atom stereocenters. The van der Waals surface area contributed by atoms with Gasteiger partial charge in [0.15, 0.2) is 12.5 Å². The Bertz CT molecular complexity index is 835. The van der Waals surface area contributed by atoms with E-state index in [1.165, 1.54) is 6.07 Å². The van der Waals surface area contributed by atoms with Crippen LogP contribution in [0.1, 0.15) is 6.23 Å². The lowest BCUT2D eigenvalue weighted by atomic mass is 10.2. The van der Waals surface area contributed by atoms with Gasteiger partial charge in [-0.1, -0.05) is 0 Å². The normalized spacial score (nSPS) is 29.3. The van der Waals surface area contributed by atoms with Gasteiger partial charge < -0.3 is 31.3 Å². The topological polar surface area (TPSA) is 228 Å². The van der Waals surface area contributed by atoms with Crippen LogP contribution in [0.2, 0.25) is 0 Å². The number of nitrogen functional groups attached to an aromatic ring is 1. The highest BCUT2D eigenvalue weighted by Crippen LogP contribution is 2.64. The molecule has 0 aromatic carbocycles. The van der Waals surface area contributed by atoms with Gasteiger partial charge in [0.1, 0.15) is 18.0 Å². The number of aliphatic hydroxyl groups excluding tert-OH is 2. The zero-order valence-electron chi connectivity index (χ0n) is 14.4. The summed E-state index contributed by atoms with van der Waals surface area (Å²) < 4.78 is 48.3. The predicted octanol–water partition coefficient (Wildman–Crippen LogP) is -1.73.